The standard InChI is InChI=1S/C27H28BrClN2O3/c1-18-12-23(13-19(2)26(18)29)34-17-25(32)31(16-21-10-7-11-22(28)14-21)24(27(33)30-3)15-20-8-5-4-6-9-20/h4-14,24H,15-17H2,1-3H3,(H,30,33)/t24-/m0/s1. The van der Waals surface area contributed by atoms with E-state index in [1.165, 1.54) is 0 Å². The number of nitrogens with zero attached hydrogens (tertiary/aromatic N) is 1. The maximum absolute atomic E-state index is 13.5. The van der Waals surface area contributed by atoms with Crippen molar-refractivity contribution in [3.63, 3.8) is 0 Å². The van der Waals surface area contributed by atoms with Crippen LogP contribution in [0.4, 0.5) is 0 Å². The molecule has 3 aromatic rings. The van der Waals surface area contributed by atoms with Crippen LogP contribution in [0.2, 0.25) is 5.02 Å². The Kier molecular flexibility index (Phi) is 9.13. The van der Waals surface area contributed by atoms with Crippen molar-refractivity contribution in [2.75, 3.05) is 13.7 Å². The van der Waals surface area contributed by atoms with E-state index in [2.05, 4.69) is 21.2 Å². The van der Waals surface area contributed by atoms with Gasteiger partial charge in [0.2, 0.25) is 5.91 Å². The number of hydrogen-bond donors (Lipinski definition) is 1. The molecule has 0 bridgehead atoms. The SMILES string of the molecule is CNC(=O)[C@H](Cc1ccccc1)N(Cc1cccc(Br)c1)C(=O)COc1cc(C)c(Cl)c(C)c1. The minimum atomic E-state index is -0.698. The van der Waals surface area contributed by atoms with Gasteiger partial charge in [-0.2, -0.15) is 0 Å². The lowest BCUT2D eigenvalue weighted by Crippen LogP contribution is -2.51. The average molecular weight is 544 g/mol. The summed E-state index contributed by atoms with van der Waals surface area (Å²) in [4.78, 5) is 28.0. The zero-order valence-corrected chi connectivity index (χ0v) is 21.8. The fourth-order valence-corrected chi connectivity index (χ4v) is 4.33. The van der Waals surface area contributed by atoms with Gasteiger partial charge in [0, 0.05) is 29.5 Å². The van der Waals surface area contributed by atoms with Crippen molar-refractivity contribution >= 4 is 39.3 Å². The van der Waals surface area contributed by atoms with Crippen LogP contribution in [0.15, 0.2) is 71.2 Å². The molecule has 0 saturated carbocycles. The van der Waals surface area contributed by atoms with E-state index < -0.39 is 6.04 Å². The Morgan fingerprint density at radius 3 is 2.26 bits per heavy atom. The number of aryl methyl sites for hydroxylation is 2. The first-order valence-electron chi connectivity index (χ1n) is 11.0. The van der Waals surface area contributed by atoms with Gasteiger partial charge < -0.3 is 15.0 Å². The highest BCUT2D eigenvalue weighted by atomic mass is 79.9. The number of carbonyl (C=O) groups is 2. The predicted octanol–water partition coefficient (Wildman–Crippen LogP) is 5.48. The van der Waals surface area contributed by atoms with Gasteiger partial charge in [-0.15, -0.1) is 0 Å². The normalized spacial score (nSPS) is 11.6. The Morgan fingerprint density at radius 1 is 1.00 bits per heavy atom. The lowest BCUT2D eigenvalue weighted by Gasteiger charge is -2.31. The van der Waals surface area contributed by atoms with Crippen molar-refractivity contribution in [3.8, 4) is 5.75 Å². The molecule has 0 aliphatic rings. The third kappa shape index (κ3) is 6.84. The first-order valence-corrected chi connectivity index (χ1v) is 12.1. The molecule has 0 unspecified atom stereocenters. The molecule has 3 rings (SSSR count). The molecular formula is C27H28BrClN2O3. The zero-order valence-electron chi connectivity index (χ0n) is 19.5. The summed E-state index contributed by atoms with van der Waals surface area (Å²) in [6, 6.07) is 20.3. The van der Waals surface area contributed by atoms with Crippen LogP contribution in [-0.4, -0.2) is 36.4 Å². The molecule has 34 heavy (non-hydrogen) atoms. The number of benzene rings is 3. The van der Waals surface area contributed by atoms with E-state index in [0.29, 0.717) is 17.2 Å². The molecule has 3 aromatic carbocycles. The number of halogens is 2. The fourth-order valence-electron chi connectivity index (χ4n) is 3.77. The molecular weight excluding hydrogens is 516 g/mol. The van der Waals surface area contributed by atoms with E-state index >= 15 is 0 Å². The Hall–Kier alpha value is -2.83. The number of ether oxygens (including phenoxy) is 1. The van der Waals surface area contributed by atoms with E-state index in [4.69, 9.17) is 16.3 Å². The number of amides is 2. The zero-order chi connectivity index (χ0) is 24.7. The van der Waals surface area contributed by atoms with Gasteiger partial charge in [0.05, 0.1) is 0 Å². The lowest BCUT2D eigenvalue weighted by molar-refractivity contribution is -0.142. The van der Waals surface area contributed by atoms with Crippen LogP contribution >= 0.6 is 27.5 Å². The number of rotatable bonds is 9. The predicted molar refractivity (Wildman–Crippen MR) is 139 cm³/mol. The molecule has 0 spiro atoms. The molecule has 0 aliphatic heterocycles. The highest BCUT2D eigenvalue weighted by molar-refractivity contribution is 9.10. The molecule has 0 radical (unpaired) electrons. The smallest absolute Gasteiger partial charge is 0.261 e. The molecule has 0 aliphatic carbocycles. The van der Waals surface area contributed by atoms with Gasteiger partial charge in [0.15, 0.2) is 6.61 Å². The summed E-state index contributed by atoms with van der Waals surface area (Å²) in [6.45, 7) is 3.86. The van der Waals surface area contributed by atoms with Gasteiger partial charge in [0.25, 0.3) is 5.91 Å². The summed E-state index contributed by atoms with van der Waals surface area (Å²) in [7, 11) is 1.58. The van der Waals surface area contributed by atoms with Gasteiger partial charge in [-0.3, -0.25) is 9.59 Å². The van der Waals surface area contributed by atoms with Crippen molar-refractivity contribution in [3.05, 3.63) is 98.5 Å². The maximum atomic E-state index is 13.5. The summed E-state index contributed by atoms with van der Waals surface area (Å²) >= 11 is 9.74. The molecule has 1 N–H and O–H groups in total. The van der Waals surface area contributed by atoms with E-state index in [1.54, 1.807) is 11.9 Å². The largest absolute Gasteiger partial charge is 0.484 e. The van der Waals surface area contributed by atoms with Crippen molar-refractivity contribution in [2.45, 2.75) is 32.9 Å². The number of carbonyl (C=O) groups excluding carboxylic acids is 2. The molecule has 5 nitrogen and oxygen atoms in total. The van der Waals surface area contributed by atoms with Crippen molar-refractivity contribution in [1.82, 2.24) is 10.2 Å². The number of likely N-dealkylation sites (N-methyl/N-ethyl adjacent to an activating group) is 1. The highest BCUT2D eigenvalue weighted by Gasteiger charge is 2.30. The van der Waals surface area contributed by atoms with Crippen molar-refractivity contribution < 1.29 is 14.3 Å². The van der Waals surface area contributed by atoms with Crippen LogP contribution < -0.4 is 10.1 Å². The van der Waals surface area contributed by atoms with Gasteiger partial charge in [-0.1, -0.05) is 70.0 Å². The summed E-state index contributed by atoms with van der Waals surface area (Å²) in [5.41, 5.74) is 3.63. The van der Waals surface area contributed by atoms with Crippen LogP contribution in [-0.2, 0) is 22.6 Å². The topological polar surface area (TPSA) is 58.6 Å². The minimum Gasteiger partial charge on any atom is -0.484 e. The second-order valence-electron chi connectivity index (χ2n) is 8.13. The summed E-state index contributed by atoms with van der Waals surface area (Å²) in [6.07, 6.45) is 0.388. The third-order valence-electron chi connectivity index (χ3n) is 5.53. The third-order valence-corrected chi connectivity index (χ3v) is 6.62. The Labute approximate surface area is 214 Å². The highest BCUT2D eigenvalue weighted by Crippen LogP contribution is 2.26. The van der Waals surface area contributed by atoms with Crippen LogP contribution in [0.5, 0.6) is 5.75 Å². The molecule has 0 aromatic heterocycles. The summed E-state index contributed by atoms with van der Waals surface area (Å²) in [5, 5.41) is 3.39. The maximum Gasteiger partial charge on any atom is 0.261 e. The molecule has 0 saturated heterocycles. The Morgan fingerprint density at radius 2 is 1.65 bits per heavy atom. The Bertz CT molecular complexity index is 1130. The molecule has 2 amide bonds. The van der Waals surface area contributed by atoms with Crippen LogP contribution in [0.3, 0.4) is 0 Å². The average Bonchev–Trinajstić information content (AvgIpc) is 2.83. The molecule has 1 atom stereocenters. The number of nitrogens with one attached hydrogen (secondary N) is 1. The first kappa shape index (κ1) is 25.8. The van der Waals surface area contributed by atoms with Crippen molar-refractivity contribution in [2.24, 2.45) is 0 Å². The lowest BCUT2D eigenvalue weighted by atomic mass is 10.0. The van der Waals surface area contributed by atoms with Gasteiger partial charge in [0.1, 0.15) is 11.8 Å². The summed E-state index contributed by atoms with van der Waals surface area (Å²) < 4.78 is 6.75. The second kappa shape index (κ2) is 12.0. The van der Waals surface area contributed by atoms with E-state index in [-0.39, 0.29) is 25.0 Å². The second-order valence-corrected chi connectivity index (χ2v) is 9.42. The van der Waals surface area contributed by atoms with E-state index in [0.717, 1.165) is 26.7 Å². The minimum absolute atomic E-state index is 0.198. The van der Waals surface area contributed by atoms with Gasteiger partial charge >= 0.3 is 0 Å². The number of hydrogen-bond acceptors (Lipinski definition) is 3. The van der Waals surface area contributed by atoms with Gasteiger partial charge in [-0.25, -0.2) is 0 Å². The fraction of sp³-hybridized carbons (Fsp3) is 0.259. The first-order chi connectivity index (χ1) is 16.3. The van der Waals surface area contributed by atoms with Crippen LogP contribution in [0, 0.1) is 13.8 Å². The van der Waals surface area contributed by atoms with Crippen LogP contribution in [0.1, 0.15) is 22.3 Å². The molecule has 0 heterocycles. The molecule has 178 valence electrons. The summed E-state index contributed by atoms with van der Waals surface area (Å²) in [5.74, 6) is 0.0508. The Balaban J connectivity index is 1.89. The molecule has 0 fully saturated rings. The molecule has 7 heteroatoms. The van der Waals surface area contributed by atoms with E-state index in [1.807, 2.05) is 80.6 Å². The van der Waals surface area contributed by atoms with Gasteiger partial charge in [-0.05, 0) is 60.4 Å². The van der Waals surface area contributed by atoms with Crippen LogP contribution in [0.25, 0.3) is 0 Å². The monoisotopic (exact) mass is 542 g/mol. The van der Waals surface area contributed by atoms with E-state index in [9.17, 15) is 9.59 Å². The van der Waals surface area contributed by atoms with Crippen molar-refractivity contribution in [1.29, 1.82) is 0 Å². The quantitative estimate of drug-likeness (QED) is 0.389.